The van der Waals surface area contributed by atoms with Crippen molar-refractivity contribution >= 4 is 11.8 Å². The molecule has 10 heavy (non-hydrogen) atoms. The summed E-state index contributed by atoms with van der Waals surface area (Å²) in [5.41, 5.74) is 0. The van der Waals surface area contributed by atoms with E-state index in [0.717, 1.165) is 12.6 Å². The van der Waals surface area contributed by atoms with Crippen molar-refractivity contribution in [2.75, 3.05) is 38.7 Å². The highest BCUT2D eigenvalue weighted by Crippen LogP contribution is 2.13. The molecule has 60 valence electrons. The molecule has 0 aliphatic carbocycles. The van der Waals surface area contributed by atoms with Crippen LogP contribution < -0.4 is 5.32 Å². The maximum absolute atomic E-state index is 3.21. The van der Waals surface area contributed by atoms with Gasteiger partial charge in [-0.3, -0.25) is 0 Å². The van der Waals surface area contributed by atoms with Gasteiger partial charge >= 0.3 is 0 Å². The summed E-state index contributed by atoms with van der Waals surface area (Å²) in [5, 5.41) is 3.21. The maximum atomic E-state index is 3.21. The van der Waals surface area contributed by atoms with Crippen molar-refractivity contribution in [1.82, 2.24) is 10.2 Å². The van der Waals surface area contributed by atoms with Crippen molar-refractivity contribution in [2.24, 2.45) is 0 Å². The Labute approximate surface area is 67.4 Å². The van der Waals surface area contributed by atoms with Crippen LogP contribution in [0.2, 0.25) is 0 Å². The summed E-state index contributed by atoms with van der Waals surface area (Å²) in [6, 6.07) is 0.753. The zero-order valence-corrected chi connectivity index (χ0v) is 7.58. The SMILES string of the molecule is CNCC1CSCCN1C. The van der Waals surface area contributed by atoms with E-state index in [9.17, 15) is 0 Å². The van der Waals surface area contributed by atoms with E-state index in [0.29, 0.717) is 0 Å². The third-order valence-electron chi connectivity index (χ3n) is 1.96. The highest BCUT2D eigenvalue weighted by atomic mass is 32.2. The summed E-state index contributed by atoms with van der Waals surface area (Å²) < 4.78 is 0. The lowest BCUT2D eigenvalue weighted by molar-refractivity contribution is 0.266. The van der Waals surface area contributed by atoms with Crippen LogP contribution in [0.4, 0.5) is 0 Å². The fourth-order valence-corrected chi connectivity index (χ4v) is 2.42. The Hall–Kier alpha value is 0.270. The van der Waals surface area contributed by atoms with E-state index >= 15 is 0 Å². The molecule has 1 saturated heterocycles. The highest BCUT2D eigenvalue weighted by molar-refractivity contribution is 7.99. The quantitative estimate of drug-likeness (QED) is 0.623. The van der Waals surface area contributed by atoms with Crippen molar-refractivity contribution in [3.05, 3.63) is 0 Å². The molecule has 1 heterocycles. The van der Waals surface area contributed by atoms with Gasteiger partial charge < -0.3 is 10.2 Å². The second kappa shape index (κ2) is 4.21. The van der Waals surface area contributed by atoms with Crippen molar-refractivity contribution in [3.8, 4) is 0 Å². The van der Waals surface area contributed by atoms with Gasteiger partial charge in [-0.05, 0) is 14.1 Å². The molecule has 0 aromatic carbocycles. The van der Waals surface area contributed by atoms with Gasteiger partial charge in [-0.2, -0.15) is 11.8 Å². The van der Waals surface area contributed by atoms with Crippen LogP contribution in [0, 0.1) is 0 Å². The minimum Gasteiger partial charge on any atom is -0.318 e. The zero-order valence-electron chi connectivity index (χ0n) is 6.76. The fraction of sp³-hybridized carbons (Fsp3) is 1.00. The average Bonchev–Trinajstić information content (AvgIpc) is 1.94. The molecule has 0 spiro atoms. The first-order valence-electron chi connectivity index (χ1n) is 3.77. The molecule has 0 aromatic heterocycles. The first-order chi connectivity index (χ1) is 4.84. The predicted molar refractivity (Wildman–Crippen MR) is 47.7 cm³/mol. The van der Waals surface area contributed by atoms with Gasteiger partial charge in [0.2, 0.25) is 0 Å². The Bertz CT molecular complexity index is 95.6. The van der Waals surface area contributed by atoms with Gasteiger partial charge in [-0.15, -0.1) is 0 Å². The minimum absolute atomic E-state index is 0.753. The van der Waals surface area contributed by atoms with Gasteiger partial charge in [0.15, 0.2) is 0 Å². The molecule has 1 aliphatic heterocycles. The third-order valence-corrected chi connectivity index (χ3v) is 3.05. The van der Waals surface area contributed by atoms with Gasteiger partial charge in [0.05, 0.1) is 0 Å². The largest absolute Gasteiger partial charge is 0.318 e. The van der Waals surface area contributed by atoms with E-state index in [1.807, 2.05) is 7.05 Å². The highest BCUT2D eigenvalue weighted by Gasteiger charge is 2.17. The second-order valence-corrected chi connectivity index (χ2v) is 3.92. The topological polar surface area (TPSA) is 15.3 Å². The lowest BCUT2D eigenvalue weighted by atomic mass is 10.3. The Morgan fingerprint density at radius 3 is 3.10 bits per heavy atom. The molecule has 1 fully saturated rings. The monoisotopic (exact) mass is 160 g/mol. The molecule has 0 radical (unpaired) electrons. The van der Waals surface area contributed by atoms with Gasteiger partial charge in [-0.25, -0.2) is 0 Å². The van der Waals surface area contributed by atoms with Gasteiger partial charge in [-0.1, -0.05) is 0 Å². The van der Waals surface area contributed by atoms with Crippen LogP contribution in [0.25, 0.3) is 0 Å². The number of hydrogen-bond donors (Lipinski definition) is 1. The van der Waals surface area contributed by atoms with Crippen LogP contribution in [-0.4, -0.2) is 49.6 Å². The number of hydrogen-bond acceptors (Lipinski definition) is 3. The van der Waals surface area contributed by atoms with Crippen molar-refractivity contribution in [1.29, 1.82) is 0 Å². The Morgan fingerprint density at radius 2 is 2.50 bits per heavy atom. The predicted octanol–water partition coefficient (Wildman–Crippen LogP) is 0.253. The smallest absolute Gasteiger partial charge is 0.0308 e. The lowest BCUT2D eigenvalue weighted by Gasteiger charge is -2.31. The zero-order chi connectivity index (χ0) is 7.40. The Morgan fingerprint density at radius 1 is 1.70 bits per heavy atom. The average molecular weight is 160 g/mol. The summed E-state index contributed by atoms with van der Waals surface area (Å²) in [6.07, 6.45) is 0. The van der Waals surface area contributed by atoms with Crippen LogP contribution >= 0.6 is 11.8 Å². The summed E-state index contributed by atoms with van der Waals surface area (Å²) in [4.78, 5) is 2.44. The summed E-state index contributed by atoms with van der Waals surface area (Å²) >= 11 is 2.07. The molecule has 0 amide bonds. The van der Waals surface area contributed by atoms with Gasteiger partial charge in [0.25, 0.3) is 0 Å². The molecule has 2 nitrogen and oxygen atoms in total. The van der Waals surface area contributed by atoms with E-state index < -0.39 is 0 Å². The number of thioether (sulfide) groups is 1. The summed E-state index contributed by atoms with van der Waals surface area (Å²) in [7, 11) is 4.23. The molecular weight excluding hydrogens is 144 g/mol. The van der Waals surface area contributed by atoms with E-state index in [1.54, 1.807) is 0 Å². The number of likely N-dealkylation sites (N-methyl/N-ethyl adjacent to an activating group) is 2. The molecule has 1 aliphatic rings. The molecule has 3 heteroatoms. The summed E-state index contributed by atoms with van der Waals surface area (Å²) in [6.45, 7) is 2.38. The number of nitrogens with one attached hydrogen (secondary N) is 1. The Balaban J connectivity index is 2.25. The molecule has 1 N–H and O–H groups in total. The normalized spacial score (nSPS) is 28.8. The van der Waals surface area contributed by atoms with E-state index in [2.05, 4.69) is 29.0 Å². The molecule has 0 saturated carbocycles. The van der Waals surface area contributed by atoms with Crippen LogP contribution in [0.3, 0.4) is 0 Å². The van der Waals surface area contributed by atoms with Crippen molar-refractivity contribution < 1.29 is 0 Å². The van der Waals surface area contributed by atoms with Crippen LogP contribution in [0.1, 0.15) is 0 Å². The first kappa shape index (κ1) is 8.37. The molecular formula is C7H16N2S. The summed E-state index contributed by atoms with van der Waals surface area (Å²) in [5.74, 6) is 2.59. The molecule has 0 aromatic rings. The van der Waals surface area contributed by atoms with Crippen molar-refractivity contribution in [2.45, 2.75) is 6.04 Å². The van der Waals surface area contributed by atoms with Gasteiger partial charge in [0.1, 0.15) is 0 Å². The standard InChI is InChI=1S/C7H16N2S/c1-8-5-7-6-10-4-3-9(7)2/h7-8H,3-6H2,1-2H3. The molecule has 0 bridgehead atoms. The van der Waals surface area contributed by atoms with E-state index in [-0.39, 0.29) is 0 Å². The third kappa shape index (κ3) is 2.15. The van der Waals surface area contributed by atoms with Crippen LogP contribution in [-0.2, 0) is 0 Å². The molecule has 1 unspecified atom stereocenters. The maximum Gasteiger partial charge on any atom is 0.0308 e. The van der Waals surface area contributed by atoms with Crippen LogP contribution in [0.5, 0.6) is 0 Å². The molecule has 1 rings (SSSR count). The van der Waals surface area contributed by atoms with E-state index in [4.69, 9.17) is 0 Å². The Kier molecular flexibility index (Phi) is 3.52. The number of nitrogens with zero attached hydrogens (tertiary/aromatic N) is 1. The van der Waals surface area contributed by atoms with Gasteiger partial charge in [0, 0.05) is 30.6 Å². The van der Waals surface area contributed by atoms with E-state index in [1.165, 1.54) is 18.1 Å². The van der Waals surface area contributed by atoms with Crippen LogP contribution in [0.15, 0.2) is 0 Å². The minimum atomic E-state index is 0.753. The number of rotatable bonds is 2. The molecule has 1 atom stereocenters. The fourth-order valence-electron chi connectivity index (χ4n) is 1.19. The first-order valence-corrected chi connectivity index (χ1v) is 4.92. The lowest BCUT2D eigenvalue weighted by Crippen LogP contribution is -2.44. The van der Waals surface area contributed by atoms with Crippen molar-refractivity contribution in [3.63, 3.8) is 0 Å². The second-order valence-electron chi connectivity index (χ2n) is 2.77.